The van der Waals surface area contributed by atoms with Gasteiger partial charge in [-0.3, -0.25) is 4.79 Å². The molecule has 1 fully saturated rings. The van der Waals surface area contributed by atoms with Gasteiger partial charge in [0, 0.05) is 6.61 Å². The lowest BCUT2D eigenvalue weighted by Crippen LogP contribution is -2.45. The van der Waals surface area contributed by atoms with Crippen LogP contribution in [0.2, 0.25) is 0 Å². The summed E-state index contributed by atoms with van der Waals surface area (Å²) in [4.78, 5) is 23.0. The second-order valence-corrected chi connectivity index (χ2v) is 4.94. The Morgan fingerprint density at radius 2 is 2.12 bits per heavy atom. The summed E-state index contributed by atoms with van der Waals surface area (Å²) in [5, 5.41) is 2.65. The van der Waals surface area contributed by atoms with Crippen molar-refractivity contribution in [2.24, 2.45) is 0 Å². The maximum Gasteiger partial charge on any atom is 0.407 e. The Morgan fingerprint density at radius 1 is 1.47 bits per heavy atom. The van der Waals surface area contributed by atoms with Gasteiger partial charge in [-0.1, -0.05) is 6.58 Å². The molecule has 0 aliphatic carbocycles. The molecule has 0 radical (unpaired) electrons. The third kappa shape index (κ3) is 4.19. The largest absolute Gasteiger partial charge is 0.444 e. The van der Waals surface area contributed by atoms with Crippen molar-refractivity contribution in [2.75, 3.05) is 6.61 Å². The van der Waals surface area contributed by atoms with Crippen LogP contribution in [0.25, 0.3) is 0 Å². The van der Waals surface area contributed by atoms with E-state index in [4.69, 9.17) is 9.47 Å². The molecule has 1 heterocycles. The number of rotatable bonds is 3. The smallest absolute Gasteiger partial charge is 0.407 e. The van der Waals surface area contributed by atoms with Crippen molar-refractivity contribution < 1.29 is 19.1 Å². The molecule has 96 valence electrons. The summed E-state index contributed by atoms with van der Waals surface area (Å²) < 4.78 is 10.4. The average Bonchev–Trinajstić information content (AvgIpc) is 2.61. The van der Waals surface area contributed by atoms with E-state index in [1.54, 1.807) is 20.8 Å². The van der Waals surface area contributed by atoms with Gasteiger partial charge in [-0.05, 0) is 33.3 Å². The van der Waals surface area contributed by atoms with Crippen LogP contribution in [-0.2, 0) is 14.3 Å². The minimum absolute atomic E-state index is 0.219. The molecule has 1 amide bonds. The Hall–Kier alpha value is -1.36. The predicted octanol–water partition coefficient (Wildman–Crippen LogP) is 1.42. The van der Waals surface area contributed by atoms with Crippen molar-refractivity contribution in [2.45, 2.75) is 44.9 Å². The summed E-state index contributed by atoms with van der Waals surface area (Å²) in [6, 6.07) is -0.338. The first-order valence-electron chi connectivity index (χ1n) is 5.61. The van der Waals surface area contributed by atoms with E-state index in [2.05, 4.69) is 11.9 Å². The number of hydrogen-bond acceptors (Lipinski definition) is 4. The molecule has 0 spiro atoms. The Bertz CT molecular complexity index is 319. The molecule has 5 heteroatoms. The van der Waals surface area contributed by atoms with E-state index in [1.807, 2.05) is 0 Å². The maximum absolute atomic E-state index is 11.5. The molecule has 5 nitrogen and oxygen atoms in total. The van der Waals surface area contributed by atoms with Gasteiger partial charge in [-0.15, -0.1) is 0 Å². The number of carbonyl (C=O) groups excluding carboxylic acids is 2. The highest BCUT2D eigenvalue weighted by Gasteiger charge is 2.34. The highest BCUT2D eigenvalue weighted by molar-refractivity contribution is 5.94. The molecule has 0 aromatic carbocycles. The predicted molar refractivity (Wildman–Crippen MR) is 62.7 cm³/mol. The lowest BCUT2D eigenvalue weighted by atomic mass is 10.1. The van der Waals surface area contributed by atoms with Crippen molar-refractivity contribution in [3.8, 4) is 0 Å². The molecule has 1 N–H and O–H groups in total. The zero-order valence-electron chi connectivity index (χ0n) is 10.5. The van der Waals surface area contributed by atoms with Crippen molar-refractivity contribution in [3.63, 3.8) is 0 Å². The molecule has 0 aromatic heterocycles. The fourth-order valence-corrected chi connectivity index (χ4v) is 1.59. The molecule has 0 unspecified atom stereocenters. The monoisotopic (exact) mass is 241 g/mol. The summed E-state index contributed by atoms with van der Waals surface area (Å²) in [7, 11) is 0. The fourth-order valence-electron chi connectivity index (χ4n) is 1.59. The highest BCUT2D eigenvalue weighted by Crippen LogP contribution is 2.16. The van der Waals surface area contributed by atoms with E-state index in [0.29, 0.717) is 13.0 Å². The molecule has 0 bridgehead atoms. The van der Waals surface area contributed by atoms with Crippen molar-refractivity contribution >= 4 is 11.9 Å². The normalized spacial score (nSPS) is 24.2. The fraction of sp³-hybridized carbons (Fsp3) is 0.667. The van der Waals surface area contributed by atoms with Crippen LogP contribution in [0.3, 0.4) is 0 Å². The van der Waals surface area contributed by atoms with E-state index in [9.17, 15) is 9.59 Å². The number of nitrogens with one attached hydrogen (secondary N) is 1. The minimum Gasteiger partial charge on any atom is -0.444 e. The van der Waals surface area contributed by atoms with Crippen molar-refractivity contribution in [1.29, 1.82) is 0 Å². The van der Waals surface area contributed by atoms with E-state index >= 15 is 0 Å². The third-order valence-corrected chi connectivity index (χ3v) is 2.28. The van der Waals surface area contributed by atoms with Gasteiger partial charge in [-0.25, -0.2) is 4.79 Å². The van der Waals surface area contributed by atoms with Crippen LogP contribution in [0.1, 0.15) is 27.2 Å². The van der Waals surface area contributed by atoms with Gasteiger partial charge in [0.2, 0.25) is 0 Å². The summed E-state index contributed by atoms with van der Waals surface area (Å²) in [5.74, 6) is -0.219. The van der Waals surface area contributed by atoms with E-state index < -0.39 is 17.8 Å². The zero-order valence-corrected chi connectivity index (χ0v) is 10.5. The molecular weight excluding hydrogens is 222 g/mol. The number of amides is 1. The van der Waals surface area contributed by atoms with E-state index in [0.717, 1.165) is 0 Å². The second-order valence-electron chi connectivity index (χ2n) is 4.94. The van der Waals surface area contributed by atoms with Crippen LogP contribution in [-0.4, -0.2) is 36.2 Å². The van der Waals surface area contributed by atoms with Crippen LogP contribution in [0.5, 0.6) is 0 Å². The summed E-state index contributed by atoms with van der Waals surface area (Å²) in [6.07, 6.45) is 0.637. The molecule has 1 aliphatic heterocycles. The molecule has 1 aliphatic rings. The number of carbonyl (C=O) groups is 2. The third-order valence-electron chi connectivity index (χ3n) is 2.28. The first kappa shape index (κ1) is 13.7. The Labute approximate surface area is 101 Å². The Kier molecular flexibility index (Phi) is 4.28. The van der Waals surface area contributed by atoms with Crippen LogP contribution >= 0.6 is 0 Å². The second kappa shape index (κ2) is 5.31. The lowest BCUT2D eigenvalue weighted by molar-refractivity contribution is -0.123. The van der Waals surface area contributed by atoms with Crippen molar-refractivity contribution in [3.05, 3.63) is 12.7 Å². The van der Waals surface area contributed by atoms with Crippen molar-refractivity contribution in [1.82, 2.24) is 5.32 Å². The van der Waals surface area contributed by atoms with Crippen LogP contribution in [0.15, 0.2) is 12.7 Å². The highest BCUT2D eigenvalue weighted by atomic mass is 16.6. The summed E-state index contributed by atoms with van der Waals surface area (Å²) in [5.41, 5.74) is -0.554. The van der Waals surface area contributed by atoms with Crippen LogP contribution < -0.4 is 5.32 Å². The topological polar surface area (TPSA) is 64.6 Å². The number of ether oxygens (including phenoxy) is 2. The Balaban J connectivity index is 2.53. The zero-order chi connectivity index (χ0) is 13.1. The van der Waals surface area contributed by atoms with E-state index in [-0.39, 0.29) is 11.8 Å². The van der Waals surface area contributed by atoms with Crippen LogP contribution in [0.4, 0.5) is 4.79 Å². The quantitative estimate of drug-likeness (QED) is 0.759. The van der Waals surface area contributed by atoms with Gasteiger partial charge in [0.15, 0.2) is 5.78 Å². The molecule has 1 saturated heterocycles. The number of alkyl carbamates (subject to hydrolysis) is 1. The number of hydrogen-bond donors (Lipinski definition) is 1. The molecule has 0 aromatic rings. The lowest BCUT2D eigenvalue weighted by Gasteiger charge is -2.23. The molecule has 17 heavy (non-hydrogen) atoms. The Morgan fingerprint density at radius 3 is 2.65 bits per heavy atom. The minimum atomic E-state index is -0.639. The maximum atomic E-state index is 11.5. The van der Waals surface area contributed by atoms with Gasteiger partial charge in [0.05, 0.1) is 6.04 Å². The van der Waals surface area contributed by atoms with Gasteiger partial charge in [0.25, 0.3) is 0 Å². The van der Waals surface area contributed by atoms with Gasteiger partial charge in [0.1, 0.15) is 11.7 Å². The summed E-state index contributed by atoms with van der Waals surface area (Å²) in [6.45, 7) is 9.20. The molecule has 0 saturated carbocycles. The van der Waals surface area contributed by atoms with Crippen LogP contribution in [0, 0.1) is 0 Å². The van der Waals surface area contributed by atoms with Gasteiger partial charge < -0.3 is 14.8 Å². The number of ketones is 1. The van der Waals surface area contributed by atoms with Gasteiger partial charge >= 0.3 is 6.09 Å². The SMILES string of the molecule is C=CC(=O)[C@H]1OCC[C@H]1NC(=O)OC(C)(C)C. The molecular formula is C12H19NO4. The van der Waals surface area contributed by atoms with Gasteiger partial charge in [-0.2, -0.15) is 0 Å². The first-order chi connectivity index (χ1) is 7.83. The first-order valence-corrected chi connectivity index (χ1v) is 5.61. The van der Waals surface area contributed by atoms with E-state index in [1.165, 1.54) is 6.08 Å². The molecule has 1 rings (SSSR count). The summed E-state index contributed by atoms with van der Waals surface area (Å²) >= 11 is 0. The standard InChI is InChI=1S/C12H19NO4/c1-5-9(14)10-8(6-7-16-10)13-11(15)17-12(2,3)4/h5,8,10H,1,6-7H2,2-4H3,(H,13,15)/t8-,10+/m1/s1. The molecule has 2 atom stereocenters. The average molecular weight is 241 g/mol.